The topological polar surface area (TPSA) is 26.3 Å². The summed E-state index contributed by atoms with van der Waals surface area (Å²) in [5, 5.41) is 0. The number of hydrogen-bond acceptors (Lipinski definition) is 3. The van der Waals surface area contributed by atoms with E-state index >= 15 is 0 Å². The summed E-state index contributed by atoms with van der Waals surface area (Å²) in [6, 6.07) is 3.50. The average molecular weight is 289 g/mol. The van der Waals surface area contributed by atoms with Crippen molar-refractivity contribution in [2.24, 2.45) is 0 Å². The van der Waals surface area contributed by atoms with Crippen LogP contribution in [0.2, 0.25) is 4.34 Å². The summed E-state index contributed by atoms with van der Waals surface area (Å²) in [7, 11) is 0. The van der Waals surface area contributed by atoms with Gasteiger partial charge in [0.15, 0.2) is 5.78 Å². The van der Waals surface area contributed by atoms with Crippen LogP contribution in [0.25, 0.3) is 0 Å². The molecule has 102 valence electrons. The van der Waals surface area contributed by atoms with Crippen LogP contribution >= 0.6 is 22.9 Å². The van der Waals surface area contributed by atoms with E-state index in [1.807, 2.05) is 6.92 Å². The quantitative estimate of drug-likeness (QED) is 0.474. The summed E-state index contributed by atoms with van der Waals surface area (Å²) >= 11 is 7.10. The summed E-state index contributed by atoms with van der Waals surface area (Å²) in [6.45, 7) is 4.39. The molecule has 1 aromatic rings. The maximum Gasteiger partial charge on any atom is 0.198 e. The Kier molecular flexibility index (Phi) is 7.56. The van der Waals surface area contributed by atoms with Gasteiger partial charge < -0.3 is 4.74 Å². The highest BCUT2D eigenvalue weighted by molar-refractivity contribution is 7.18. The summed E-state index contributed by atoms with van der Waals surface area (Å²) in [5.41, 5.74) is 0. The van der Waals surface area contributed by atoms with Crippen molar-refractivity contribution in [2.75, 3.05) is 6.61 Å². The van der Waals surface area contributed by atoms with Crippen LogP contribution in [0.3, 0.4) is 0 Å². The van der Waals surface area contributed by atoms with Gasteiger partial charge in [0.1, 0.15) is 6.61 Å². The second kappa shape index (κ2) is 8.68. The van der Waals surface area contributed by atoms with Crippen LogP contribution < -0.4 is 0 Å². The molecule has 1 atom stereocenters. The lowest BCUT2D eigenvalue weighted by Crippen LogP contribution is -2.15. The van der Waals surface area contributed by atoms with Gasteiger partial charge in [0, 0.05) is 0 Å². The van der Waals surface area contributed by atoms with E-state index in [-0.39, 0.29) is 18.5 Å². The zero-order valence-corrected chi connectivity index (χ0v) is 12.6. The summed E-state index contributed by atoms with van der Waals surface area (Å²) < 4.78 is 6.21. The van der Waals surface area contributed by atoms with E-state index in [2.05, 4.69) is 6.92 Å². The first kappa shape index (κ1) is 15.7. The van der Waals surface area contributed by atoms with Crippen molar-refractivity contribution in [2.45, 2.75) is 52.1 Å². The zero-order chi connectivity index (χ0) is 13.4. The molecule has 0 amide bonds. The third-order valence-corrected chi connectivity index (χ3v) is 4.08. The predicted molar refractivity (Wildman–Crippen MR) is 77.8 cm³/mol. The average Bonchev–Trinajstić information content (AvgIpc) is 2.78. The van der Waals surface area contributed by atoms with Crippen molar-refractivity contribution in [1.29, 1.82) is 0 Å². The van der Waals surface area contributed by atoms with E-state index in [4.69, 9.17) is 16.3 Å². The Bertz CT molecular complexity index is 362. The maximum absolute atomic E-state index is 11.8. The van der Waals surface area contributed by atoms with Gasteiger partial charge in [0.2, 0.25) is 0 Å². The van der Waals surface area contributed by atoms with Crippen molar-refractivity contribution in [3.05, 3.63) is 21.3 Å². The van der Waals surface area contributed by atoms with Gasteiger partial charge in [-0.3, -0.25) is 4.79 Å². The fourth-order valence-electron chi connectivity index (χ4n) is 1.70. The normalized spacial score (nSPS) is 12.6. The van der Waals surface area contributed by atoms with Gasteiger partial charge in [-0.15, -0.1) is 11.3 Å². The van der Waals surface area contributed by atoms with Crippen molar-refractivity contribution >= 4 is 28.7 Å². The molecule has 0 N–H and O–H groups in total. The van der Waals surface area contributed by atoms with Crippen molar-refractivity contribution in [3.8, 4) is 0 Å². The molecule has 0 aliphatic heterocycles. The van der Waals surface area contributed by atoms with E-state index in [1.165, 1.54) is 37.0 Å². The number of ketones is 1. The second-order valence-electron chi connectivity index (χ2n) is 4.50. The van der Waals surface area contributed by atoms with Gasteiger partial charge in [-0.2, -0.15) is 0 Å². The lowest BCUT2D eigenvalue weighted by molar-refractivity contribution is 0.0486. The molecule has 18 heavy (non-hydrogen) atoms. The molecule has 1 rings (SSSR count). The van der Waals surface area contributed by atoms with E-state index in [1.54, 1.807) is 12.1 Å². The number of rotatable bonds is 9. The Morgan fingerprint density at radius 3 is 2.78 bits per heavy atom. The summed E-state index contributed by atoms with van der Waals surface area (Å²) in [4.78, 5) is 12.4. The number of thiophene rings is 1. The van der Waals surface area contributed by atoms with E-state index < -0.39 is 0 Å². The number of carbonyl (C=O) groups excluding carboxylic acids is 1. The van der Waals surface area contributed by atoms with E-state index in [0.717, 1.165) is 6.42 Å². The van der Waals surface area contributed by atoms with Crippen LogP contribution in [0.1, 0.15) is 55.6 Å². The molecule has 0 bridgehead atoms. The molecule has 0 aliphatic rings. The van der Waals surface area contributed by atoms with Crippen LogP contribution in [0.5, 0.6) is 0 Å². The van der Waals surface area contributed by atoms with Gasteiger partial charge in [-0.05, 0) is 25.5 Å². The molecule has 4 heteroatoms. The van der Waals surface area contributed by atoms with Crippen LogP contribution in [0.15, 0.2) is 12.1 Å². The number of hydrogen-bond donors (Lipinski definition) is 0. The van der Waals surface area contributed by atoms with Crippen LogP contribution in [0.4, 0.5) is 0 Å². The van der Waals surface area contributed by atoms with Crippen LogP contribution in [-0.4, -0.2) is 18.5 Å². The van der Waals surface area contributed by atoms with E-state index in [9.17, 15) is 4.79 Å². The molecule has 0 radical (unpaired) electrons. The predicted octanol–water partition coefficient (Wildman–Crippen LogP) is 4.96. The summed E-state index contributed by atoms with van der Waals surface area (Å²) in [6.07, 6.45) is 6.12. The largest absolute Gasteiger partial charge is 0.370 e. The Balaban J connectivity index is 2.18. The zero-order valence-electron chi connectivity index (χ0n) is 11.1. The molecule has 0 aliphatic carbocycles. The SMILES string of the molecule is CCCCCCC(C)OCC(=O)c1ccc(Cl)s1. The highest BCUT2D eigenvalue weighted by Gasteiger charge is 2.11. The van der Waals surface area contributed by atoms with Crippen LogP contribution in [-0.2, 0) is 4.74 Å². The monoisotopic (exact) mass is 288 g/mol. The molecule has 0 saturated carbocycles. The van der Waals surface area contributed by atoms with Crippen molar-refractivity contribution < 1.29 is 9.53 Å². The minimum Gasteiger partial charge on any atom is -0.370 e. The van der Waals surface area contributed by atoms with Gasteiger partial charge in [0.25, 0.3) is 0 Å². The van der Waals surface area contributed by atoms with Crippen LogP contribution in [0, 0.1) is 0 Å². The highest BCUT2D eigenvalue weighted by atomic mass is 35.5. The fraction of sp³-hybridized carbons (Fsp3) is 0.643. The number of ether oxygens (including phenoxy) is 1. The second-order valence-corrected chi connectivity index (χ2v) is 6.21. The molecular formula is C14H21ClO2S. The Hall–Kier alpha value is -0.380. The summed E-state index contributed by atoms with van der Waals surface area (Å²) in [5.74, 6) is 0.0207. The number of unbranched alkanes of at least 4 members (excludes halogenated alkanes) is 3. The molecule has 0 fully saturated rings. The Morgan fingerprint density at radius 2 is 2.17 bits per heavy atom. The lowest BCUT2D eigenvalue weighted by Gasteiger charge is -2.11. The minimum absolute atomic E-state index is 0.0207. The van der Waals surface area contributed by atoms with Gasteiger partial charge >= 0.3 is 0 Å². The number of halogens is 1. The standard InChI is InChI=1S/C14H21ClO2S/c1-3-4-5-6-7-11(2)17-10-12(16)13-8-9-14(15)18-13/h8-9,11H,3-7,10H2,1-2H3. The maximum atomic E-state index is 11.8. The van der Waals surface area contributed by atoms with Crippen molar-refractivity contribution in [3.63, 3.8) is 0 Å². The first-order valence-electron chi connectivity index (χ1n) is 6.53. The molecule has 0 spiro atoms. The number of carbonyl (C=O) groups is 1. The van der Waals surface area contributed by atoms with Gasteiger partial charge in [-0.1, -0.05) is 44.2 Å². The molecule has 2 nitrogen and oxygen atoms in total. The first-order valence-corrected chi connectivity index (χ1v) is 7.73. The third-order valence-electron chi connectivity index (χ3n) is 2.81. The lowest BCUT2D eigenvalue weighted by atomic mass is 10.1. The fourth-order valence-corrected chi connectivity index (χ4v) is 2.66. The number of Topliss-reactive ketones (excluding diaryl/α,β-unsaturated/α-hetero) is 1. The molecule has 0 saturated heterocycles. The molecular weight excluding hydrogens is 268 g/mol. The highest BCUT2D eigenvalue weighted by Crippen LogP contribution is 2.22. The third kappa shape index (κ3) is 5.98. The van der Waals surface area contributed by atoms with E-state index in [0.29, 0.717) is 9.21 Å². The molecule has 1 aromatic heterocycles. The van der Waals surface area contributed by atoms with Crippen molar-refractivity contribution in [1.82, 2.24) is 0 Å². The molecule has 0 aromatic carbocycles. The smallest absolute Gasteiger partial charge is 0.198 e. The Labute approximate surface area is 118 Å². The first-order chi connectivity index (χ1) is 8.63. The Morgan fingerprint density at radius 1 is 1.39 bits per heavy atom. The minimum atomic E-state index is 0.0207. The van der Waals surface area contributed by atoms with Gasteiger partial charge in [0.05, 0.1) is 15.3 Å². The van der Waals surface area contributed by atoms with Gasteiger partial charge in [-0.25, -0.2) is 0 Å². The molecule has 1 unspecified atom stereocenters. The molecule has 1 heterocycles.